The third-order valence-corrected chi connectivity index (χ3v) is 0. The Kier molecular flexibility index (Phi) is 230. The van der Waals surface area contributed by atoms with Crippen molar-refractivity contribution in [3.8, 4) is 0 Å². The van der Waals surface area contributed by atoms with Gasteiger partial charge in [0.1, 0.15) is 0 Å². The molecular formula is C8H12O4Zr. The van der Waals surface area contributed by atoms with Gasteiger partial charge in [0, 0.05) is 0 Å². The quantitative estimate of drug-likeness (QED) is 0.596. The van der Waals surface area contributed by atoms with Gasteiger partial charge in [-0.05, 0) is 0 Å². The van der Waals surface area contributed by atoms with Crippen LogP contribution in [0.1, 0.15) is 27.7 Å². The molecule has 0 heterocycles. The SMILES string of the molecule is C[C-]=O.C[C-]=O.C[C-]=O.C[C-]=O.[Zr+4]. The topological polar surface area (TPSA) is 68.3 Å². The Morgan fingerprint density at radius 3 is 0.538 bits per heavy atom. The Balaban J connectivity index is -0.0000000213. The molecule has 0 spiro atoms. The maximum absolute atomic E-state index is 8.68. The van der Waals surface area contributed by atoms with Gasteiger partial charge in [0.2, 0.25) is 0 Å². The molecule has 0 saturated heterocycles. The molecule has 0 aliphatic carbocycles. The second-order valence-corrected chi connectivity index (χ2v) is 0.816. The number of carbonyl (C=O) groups excluding carboxylic acids is 4. The molecule has 0 aliphatic heterocycles. The molecule has 0 amide bonds. The third kappa shape index (κ3) is 5540. The van der Waals surface area contributed by atoms with Crippen LogP contribution in [0.25, 0.3) is 0 Å². The van der Waals surface area contributed by atoms with E-state index in [1.165, 1.54) is 52.8 Å². The van der Waals surface area contributed by atoms with Crippen LogP contribution >= 0.6 is 0 Å². The van der Waals surface area contributed by atoms with E-state index < -0.39 is 0 Å². The summed E-state index contributed by atoms with van der Waals surface area (Å²) in [5.41, 5.74) is 0. The minimum absolute atomic E-state index is 0. The zero-order chi connectivity index (χ0) is 10.8. The molecule has 0 aliphatic rings. The van der Waals surface area contributed by atoms with Gasteiger partial charge in [-0.1, -0.05) is 0 Å². The van der Waals surface area contributed by atoms with Gasteiger partial charge in [0.05, 0.1) is 0 Å². The zero-order valence-corrected chi connectivity index (χ0v) is 10.6. The predicted octanol–water partition coefficient (Wildman–Crippen LogP) is 0.462. The van der Waals surface area contributed by atoms with E-state index >= 15 is 0 Å². The Labute approximate surface area is 98.2 Å². The molecule has 4 nitrogen and oxygen atoms in total. The molecule has 72 valence electrons. The summed E-state index contributed by atoms with van der Waals surface area (Å²) in [6.45, 7) is 5.28. The largest absolute Gasteiger partial charge is 4.00 e. The van der Waals surface area contributed by atoms with Crippen LogP contribution in [0.15, 0.2) is 0 Å². The first-order chi connectivity index (χ1) is 5.66. The molecule has 13 heavy (non-hydrogen) atoms. The maximum Gasteiger partial charge on any atom is 4.00 e. The number of hydrogen-bond donors (Lipinski definition) is 0. The van der Waals surface area contributed by atoms with Gasteiger partial charge in [-0.25, -0.2) is 0 Å². The van der Waals surface area contributed by atoms with Crippen molar-refractivity contribution < 1.29 is 45.4 Å². The fraction of sp³-hybridized carbons (Fsp3) is 0.500. The molecule has 0 saturated carbocycles. The van der Waals surface area contributed by atoms with E-state index in [1.807, 2.05) is 0 Å². The first kappa shape index (κ1) is 29.4. The van der Waals surface area contributed by atoms with Crippen molar-refractivity contribution >= 4 is 25.1 Å². The number of hydrogen-bond acceptors (Lipinski definition) is 4. The summed E-state index contributed by atoms with van der Waals surface area (Å²) in [6.07, 6.45) is 6.00. The Hall–Kier alpha value is -0.437. The molecular weight excluding hydrogens is 251 g/mol. The molecule has 0 unspecified atom stereocenters. The maximum atomic E-state index is 8.68. The molecule has 0 aromatic rings. The average Bonchev–Trinajstić information content (AvgIpc) is 1.92. The van der Waals surface area contributed by atoms with Crippen LogP contribution in [-0.4, -0.2) is 25.1 Å². The van der Waals surface area contributed by atoms with Crippen LogP contribution in [0.5, 0.6) is 0 Å². The van der Waals surface area contributed by atoms with Crippen LogP contribution in [0.2, 0.25) is 0 Å². The van der Waals surface area contributed by atoms with E-state index in [4.69, 9.17) is 19.2 Å². The van der Waals surface area contributed by atoms with Crippen molar-refractivity contribution in [1.29, 1.82) is 0 Å². The molecule has 0 fully saturated rings. The second kappa shape index (κ2) is 102. The van der Waals surface area contributed by atoms with E-state index in [1.54, 1.807) is 0 Å². The second-order valence-electron chi connectivity index (χ2n) is 0.816. The van der Waals surface area contributed by atoms with Gasteiger partial charge in [0.25, 0.3) is 0 Å². The summed E-state index contributed by atoms with van der Waals surface area (Å²) in [7, 11) is 0. The van der Waals surface area contributed by atoms with Crippen molar-refractivity contribution in [3.05, 3.63) is 0 Å². The summed E-state index contributed by atoms with van der Waals surface area (Å²) < 4.78 is 0. The smallest absolute Gasteiger partial charge is 0.542 e. The normalized spacial score (nSPS) is 4.00. The molecule has 5 heteroatoms. The van der Waals surface area contributed by atoms with Gasteiger partial charge < -0.3 is 19.2 Å². The standard InChI is InChI=1S/4C2H3O.Zr/c4*1-2-3;/h4*1H3;/q4*-1;+4. The van der Waals surface area contributed by atoms with Crippen LogP contribution in [0.3, 0.4) is 0 Å². The van der Waals surface area contributed by atoms with Crippen molar-refractivity contribution in [1.82, 2.24) is 0 Å². The van der Waals surface area contributed by atoms with Gasteiger partial charge in [-0.2, -0.15) is 27.7 Å². The van der Waals surface area contributed by atoms with E-state index in [0.29, 0.717) is 0 Å². The monoisotopic (exact) mass is 262 g/mol. The van der Waals surface area contributed by atoms with Crippen molar-refractivity contribution in [3.63, 3.8) is 0 Å². The summed E-state index contributed by atoms with van der Waals surface area (Å²) >= 11 is 0. The van der Waals surface area contributed by atoms with Gasteiger partial charge in [-0.15, -0.1) is 0 Å². The summed E-state index contributed by atoms with van der Waals surface area (Å²) in [5.74, 6) is 0. The van der Waals surface area contributed by atoms with Crippen LogP contribution in [0.4, 0.5) is 0 Å². The van der Waals surface area contributed by atoms with E-state index in [-0.39, 0.29) is 26.2 Å². The van der Waals surface area contributed by atoms with Crippen molar-refractivity contribution in [2.45, 2.75) is 27.7 Å². The first-order valence-electron chi connectivity index (χ1n) is 2.82. The third-order valence-electron chi connectivity index (χ3n) is 0. The molecule has 0 aromatic carbocycles. The average molecular weight is 263 g/mol. The van der Waals surface area contributed by atoms with Gasteiger partial charge in [0.15, 0.2) is 0 Å². The van der Waals surface area contributed by atoms with Crippen LogP contribution in [-0.2, 0) is 45.4 Å². The minimum Gasteiger partial charge on any atom is -0.542 e. The van der Waals surface area contributed by atoms with Gasteiger partial charge in [-0.3, -0.25) is 25.1 Å². The van der Waals surface area contributed by atoms with Crippen molar-refractivity contribution in [2.75, 3.05) is 0 Å². The minimum atomic E-state index is 0. The zero-order valence-electron chi connectivity index (χ0n) is 8.13. The predicted molar refractivity (Wildman–Crippen MR) is 45.5 cm³/mol. The van der Waals surface area contributed by atoms with Crippen molar-refractivity contribution in [2.24, 2.45) is 0 Å². The van der Waals surface area contributed by atoms with E-state index in [0.717, 1.165) is 0 Å². The molecule has 0 N–H and O–H groups in total. The molecule has 0 aromatic heterocycles. The molecule has 0 bridgehead atoms. The summed E-state index contributed by atoms with van der Waals surface area (Å²) in [6, 6.07) is 0. The van der Waals surface area contributed by atoms with E-state index in [2.05, 4.69) is 0 Å². The Morgan fingerprint density at radius 1 is 0.538 bits per heavy atom. The fourth-order valence-corrected chi connectivity index (χ4v) is 0. The Morgan fingerprint density at radius 2 is 0.538 bits per heavy atom. The van der Waals surface area contributed by atoms with E-state index in [9.17, 15) is 0 Å². The summed E-state index contributed by atoms with van der Waals surface area (Å²) in [5, 5.41) is 0. The summed E-state index contributed by atoms with van der Waals surface area (Å²) in [4.78, 5) is 34.7. The fourth-order valence-electron chi connectivity index (χ4n) is 0. The van der Waals surface area contributed by atoms with Crippen LogP contribution in [0, 0.1) is 0 Å². The first-order valence-corrected chi connectivity index (χ1v) is 2.82. The van der Waals surface area contributed by atoms with Gasteiger partial charge >= 0.3 is 26.2 Å². The molecule has 0 rings (SSSR count). The van der Waals surface area contributed by atoms with Crippen LogP contribution < -0.4 is 0 Å². The Bertz CT molecular complexity index is 70.1. The number of rotatable bonds is 0. The molecule has 0 radical (unpaired) electrons. The molecule has 0 atom stereocenters.